The van der Waals surface area contributed by atoms with Crippen molar-refractivity contribution < 1.29 is 4.79 Å². The van der Waals surface area contributed by atoms with E-state index < -0.39 is 0 Å². The molecule has 0 saturated heterocycles. The molecule has 0 aliphatic rings. The first-order valence-corrected chi connectivity index (χ1v) is 9.45. The molecule has 4 rings (SSSR count). The Morgan fingerprint density at radius 2 is 1.77 bits per heavy atom. The highest BCUT2D eigenvalue weighted by Crippen LogP contribution is 2.29. The molecule has 2 aromatic carbocycles. The van der Waals surface area contributed by atoms with Crippen molar-refractivity contribution in [2.24, 2.45) is 0 Å². The van der Waals surface area contributed by atoms with Crippen LogP contribution in [0, 0.1) is 6.92 Å². The number of hydrazine groups is 1. The standard InChI is InChI=1S/C21H18ClN7O/c1-12-5-10-15-16(26-12)3-2-4-17(15)27-19-18(23)20(25-11-24-19)28-29-21(30)13-6-8-14(22)9-7-13/h2-11H,23H2,1H3,(H,29,30)(H2,24,25,27,28). The lowest BCUT2D eigenvalue weighted by molar-refractivity contribution is 0.0962. The van der Waals surface area contributed by atoms with Crippen molar-refractivity contribution in [2.75, 3.05) is 16.5 Å². The lowest BCUT2D eigenvalue weighted by Gasteiger charge is -2.14. The fourth-order valence-electron chi connectivity index (χ4n) is 2.88. The number of carbonyl (C=O) groups excluding carboxylic acids is 1. The predicted molar refractivity (Wildman–Crippen MR) is 119 cm³/mol. The zero-order valence-corrected chi connectivity index (χ0v) is 16.7. The Balaban J connectivity index is 1.53. The zero-order valence-electron chi connectivity index (χ0n) is 16.0. The Bertz CT molecular complexity index is 1230. The van der Waals surface area contributed by atoms with E-state index in [0.29, 0.717) is 16.4 Å². The highest BCUT2D eigenvalue weighted by Gasteiger charge is 2.12. The van der Waals surface area contributed by atoms with Gasteiger partial charge in [-0.25, -0.2) is 9.97 Å². The average Bonchev–Trinajstić information content (AvgIpc) is 2.74. The van der Waals surface area contributed by atoms with E-state index in [4.69, 9.17) is 17.3 Å². The fourth-order valence-corrected chi connectivity index (χ4v) is 3.00. The van der Waals surface area contributed by atoms with Crippen LogP contribution in [0.25, 0.3) is 10.9 Å². The molecule has 5 N–H and O–H groups in total. The normalized spacial score (nSPS) is 10.6. The summed E-state index contributed by atoms with van der Waals surface area (Å²) < 4.78 is 0. The van der Waals surface area contributed by atoms with Crippen LogP contribution in [-0.4, -0.2) is 20.9 Å². The summed E-state index contributed by atoms with van der Waals surface area (Å²) in [5.41, 5.74) is 14.8. The van der Waals surface area contributed by atoms with Crippen LogP contribution < -0.4 is 21.9 Å². The first-order chi connectivity index (χ1) is 14.5. The van der Waals surface area contributed by atoms with Crippen LogP contribution in [0.15, 0.2) is 60.9 Å². The minimum absolute atomic E-state index is 0.256. The topological polar surface area (TPSA) is 118 Å². The van der Waals surface area contributed by atoms with Crippen molar-refractivity contribution >= 4 is 51.4 Å². The van der Waals surface area contributed by atoms with Gasteiger partial charge < -0.3 is 11.1 Å². The van der Waals surface area contributed by atoms with E-state index in [9.17, 15) is 4.79 Å². The number of amides is 1. The number of anilines is 4. The number of hydrogen-bond acceptors (Lipinski definition) is 7. The van der Waals surface area contributed by atoms with Crippen LogP contribution in [0.1, 0.15) is 16.1 Å². The van der Waals surface area contributed by atoms with Crippen molar-refractivity contribution in [3.8, 4) is 0 Å². The zero-order chi connectivity index (χ0) is 21.1. The Morgan fingerprint density at radius 3 is 2.57 bits per heavy atom. The molecule has 0 spiro atoms. The van der Waals surface area contributed by atoms with Gasteiger partial charge in [-0.15, -0.1) is 0 Å². The summed E-state index contributed by atoms with van der Waals surface area (Å²) in [6.07, 6.45) is 1.35. The van der Waals surface area contributed by atoms with Crippen molar-refractivity contribution in [1.82, 2.24) is 20.4 Å². The SMILES string of the molecule is Cc1ccc2c(Nc3ncnc(NNC(=O)c4ccc(Cl)cc4)c3N)cccc2n1. The molecule has 150 valence electrons. The Hall–Kier alpha value is -3.91. The molecular weight excluding hydrogens is 402 g/mol. The number of pyridine rings is 1. The molecule has 4 aromatic rings. The molecule has 0 aliphatic heterocycles. The third-order valence-corrected chi connectivity index (χ3v) is 4.66. The number of benzene rings is 2. The Kier molecular flexibility index (Phi) is 5.32. The third-order valence-electron chi connectivity index (χ3n) is 4.41. The summed E-state index contributed by atoms with van der Waals surface area (Å²) in [6, 6.07) is 16.2. The maximum Gasteiger partial charge on any atom is 0.269 e. The molecule has 9 heteroatoms. The van der Waals surface area contributed by atoms with Gasteiger partial charge in [-0.2, -0.15) is 0 Å². The number of nitrogens with zero attached hydrogens (tertiary/aromatic N) is 3. The molecule has 0 atom stereocenters. The number of rotatable bonds is 5. The number of nitrogens with two attached hydrogens (primary N) is 1. The van der Waals surface area contributed by atoms with Crippen LogP contribution in [-0.2, 0) is 0 Å². The average molecular weight is 420 g/mol. The predicted octanol–water partition coefficient (Wildman–Crippen LogP) is 4.07. The number of fused-ring (bicyclic) bond motifs is 1. The molecule has 0 bridgehead atoms. The summed E-state index contributed by atoms with van der Waals surface area (Å²) in [6.45, 7) is 1.94. The second-order valence-electron chi connectivity index (χ2n) is 6.52. The minimum atomic E-state index is -0.352. The number of nitrogen functional groups attached to an aromatic ring is 1. The summed E-state index contributed by atoms with van der Waals surface area (Å²) in [7, 11) is 0. The molecule has 0 saturated carbocycles. The number of aryl methyl sites for hydroxylation is 1. The van der Waals surface area contributed by atoms with Gasteiger partial charge in [-0.1, -0.05) is 17.7 Å². The van der Waals surface area contributed by atoms with Gasteiger partial charge in [0.1, 0.15) is 12.0 Å². The Morgan fingerprint density at radius 1 is 1.00 bits per heavy atom. The van der Waals surface area contributed by atoms with Gasteiger partial charge in [-0.05, 0) is 55.5 Å². The van der Waals surface area contributed by atoms with E-state index >= 15 is 0 Å². The van der Waals surface area contributed by atoms with Crippen molar-refractivity contribution in [3.05, 3.63) is 77.2 Å². The number of nitrogens with one attached hydrogen (secondary N) is 3. The van der Waals surface area contributed by atoms with E-state index in [1.54, 1.807) is 24.3 Å². The summed E-state index contributed by atoms with van der Waals surface area (Å²) in [5.74, 6) is 0.319. The first kappa shape index (κ1) is 19.4. The van der Waals surface area contributed by atoms with Gasteiger partial charge >= 0.3 is 0 Å². The molecule has 30 heavy (non-hydrogen) atoms. The van der Waals surface area contributed by atoms with Crippen molar-refractivity contribution in [2.45, 2.75) is 6.92 Å². The molecule has 8 nitrogen and oxygen atoms in total. The molecular formula is C21H18ClN7O. The van der Waals surface area contributed by atoms with E-state index in [-0.39, 0.29) is 17.4 Å². The molecule has 1 amide bonds. The summed E-state index contributed by atoms with van der Waals surface area (Å²) in [4.78, 5) is 25.1. The van der Waals surface area contributed by atoms with Gasteiger partial charge in [0.15, 0.2) is 11.6 Å². The van der Waals surface area contributed by atoms with E-state index in [1.807, 2.05) is 37.3 Å². The smallest absolute Gasteiger partial charge is 0.269 e. The van der Waals surface area contributed by atoms with Gasteiger partial charge in [-0.3, -0.25) is 20.6 Å². The lowest BCUT2D eigenvalue weighted by Crippen LogP contribution is -2.30. The second-order valence-corrected chi connectivity index (χ2v) is 6.96. The van der Waals surface area contributed by atoms with Crippen molar-refractivity contribution in [3.63, 3.8) is 0 Å². The van der Waals surface area contributed by atoms with Gasteiger partial charge in [0.25, 0.3) is 5.91 Å². The summed E-state index contributed by atoms with van der Waals surface area (Å²) in [5, 5.41) is 4.70. The maximum absolute atomic E-state index is 12.3. The largest absolute Gasteiger partial charge is 0.393 e. The van der Waals surface area contributed by atoms with Gasteiger partial charge in [0.2, 0.25) is 0 Å². The fraction of sp³-hybridized carbons (Fsp3) is 0.0476. The van der Waals surface area contributed by atoms with Crippen LogP contribution in [0.3, 0.4) is 0 Å². The van der Waals surface area contributed by atoms with Crippen LogP contribution in [0.2, 0.25) is 5.02 Å². The Labute approximate surface area is 177 Å². The molecule has 2 heterocycles. The molecule has 0 radical (unpaired) electrons. The molecule has 2 aromatic heterocycles. The second kappa shape index (κ2) is 8.22. The number of halogens is 1. The molecule has 0 fully saturated rings. The quantitative estimate of drug-likeness (QED) is 0.360. The van der Waals surface area contributed by atoms with Crippen molar-refractivity contribution in [1.29, 1.82) is 0 Å². The van der Waals surface area contributed by atoms with Crippen LogP contribution >= 0.6 is 11.6 Å². The number of hydrogen-bond donors (Lipinski definition) is 4. The van der Waals surface area contributed by atoms with E-state index in [0.717, 1.165) is 22.3 Å². The molecule has 0 unspecified atom stereocenters. The number of aromatic nitrogens is 3. The van der Waals surface area contributed by atoms with E-state index in [2.05, 4.69) is 31.1 Å². The monoisotopic (exact) mass is 419 g/mol. The van der Waals surface area contributed by atoms with Gasteiger partial charge in [0, 0.05) is 27.4 Å². The maximum atomic E-state index is 12.3. The number of carbonyl (C=O) groups is 1. The van der Waals surface area contributed by atoms with Crippen LogP contribution in [0.5, 0.6) is 0 Å². The van der Waals surface area contributed by atoms with Gasteiger partial charge in [0.05, 0.1) is 5.52 Å². The molecule has 0 aliphatic carbocycles. The minimum Gasteiger partial charge on any atom is -0.393 e. The lowest BCUT2D eigenvalue weighted by atomic mass is 10.1. The highest BCUT2D eigenvalue weighted by atomic mass is 35.5. The van der Waals surface area contributed by atoms with E-state index in [1.165, 1.54) is 6.33 Å². The highest BCUT2D eigenvalue weighted by molar-refractivity contribution is 6.30. The summed E-state index contributed by atoms with van der Waals surface area (Å²) >= 11 is 5.85. The third kappa shape index (κ3) is 4.08. The van der Waals surface area contributed by atoms with Crippen LogP contribution in [0.4, 0.5) is 23.0 Å². The first-order valence-electron chi connectivity index (χ1n) is 9.07.